The Morgan fingerprint density at radius 3 is 2.57 bits per heavy atom. The van der Waals surface area contributed by atoms with E-state index in [2.05, 4.69) is 15.5 Å². The number of amides is 2. The number of carbonyl (C=O) groups excluding carboxylic acids is 2. The van der Waals surface area contributed by atoms with Crippen molar-refractivity contribution in [1.82, 2.24) is 5.32 Å². The summed E-state index contributed by atoms with van der Waals surface area (Å²) in [6.45, 7) is 4.22. The first-order valence-corrected chi connectivity index (χ1v) is 10.1. The van der Waals surface area contributed by atoms with E-state index < -0.39 is 0 Å². The summed E-state index contributed by atoms with van der Waals surface area (Å²) in [5.41, 5.74) is 2.16. The molecule has 0 spiro atoms. The summed E-state index contributed by atoms with van der Waals surface area (Å²) in [6, 6.07) is 14.9. The van der Waals surface area contributed by atoms with E-state index in [0.717, 1.165) is 43.1 Å². The van der Waals surface area contributed by atoms with Gasteiger partial charge >= 0.3 is 0 Å². The van der Waals surface area contributed by atoms with Crippen molar-refractivity contribution in [3.8, 4) is 0 Å². The predicted octanol–water partition coefficient (Wildman–Crippen LogP) is 4.33. The van der Waals surface area contributed by atoms with Crippen LogP contribution in [-0.4, -0.2) is 31.4 Å². The Morgan fingerprint density at radius 1 is 1.11 bits per heavy atom. The predicted molar refractivity (Wildman–Crippen MR) is 114 cm³/mol. The Labute approximate surface area is 171 Å². The van der Waals surface area contributed by atoms with E-state index in [9.17, 15) is 9.59 Å². The summed E-state index contributed by atoms with van der Waals surface area (Å²) >= 11 is 6.08. The van der Waals surface area contributed by atoms with Gasteiger partial charge in [-0.2, -0.15) is 0 Å². The van der Waals surface area contributed by atoms with Gasteiger partial charge in [-0.25, -0.2) is 0 Å². The molecule has 0 aromatic heterocycles. The smallest absolute Gasteiger partial charge is 0.253 e. The van der Waals surface area contributed by atoms with Crippen LogP contribution in [0, 0.1) is 5.92 Å². The zero-order valence-corrected chi connectivity index (χ0v) is 16.8. The molecule has 1 aliphatic rings. The number of hydrogen-bond donors (Lipinski definition) is 2. The molecule has 0 bridgehead atoms. The number of rotatable bonds is 6. The molecule has 1 saturated heterocycles. The number of nitrogens with one attached hydrogen (secondary N) is 2. The number of nitrogens with zero attached hydrogens (tertiary/aromatic N) is 1. The molecular formula is C22H26ClN3O2. The molecule has 2 amide bonds. The number of anilines is 2. The highest BCUT2D eigenvalue weighted by atomic mass is 35.5. The summed E-state index contributed by atoms with van der Waals surface area (Å²) in [5.74, 6) is -0.253. The first-order valence-electron chi connectivity index (χ1n) is 9.77. The Kier molecular flexibility index (Phi) is 6.93. The van der Waals surface area contributed by atoms with Crippen molar-refractivity contribution in [1.29, 1.82) is 0 Å². The molecule has 5 nitrogen and oxygen atoms in total. The number of carbonyl (C=O) groups is 2. The molecule has 1 aliphatic heterocycles. The summed E-state index contributed by atoms with van der Waals surface area (Å²) in [6.07, 6.45) is 2.40. The molecule has 0 unspecified atom stereocenters. The Morgan fingerprint density at radius 2 is 1.86 bits per heavy atom. The lowest BCUT2D eigenvalue weighted by molar-refractivity contribution is -0.120. The maximum Gasteiger partial charge on any atom is 0.253 e. The van der Waals surface area contributed by atoms with E-state index in [1.165, 1.54) is 0 Å². The average Bonchev–Trinajstić information content (AvgIpc) is 2.72. The Balaban J connectivity index is 1.60. The van der Waals surface area contributed by atoms with Crippen molar-refractivity contribution in [3.05, 3.63) is 59.1 Å². The highest BCUT2D eigenvalue weighted by molar-refractivity contribution is 6.30. The van der Waals surface area contributed by atoms with Crippen molar-refractivity contribution >= 4 is 34.8 Å². The largest absolute Gasteiger partial charge is 0.371 e. The highest BCUT2D eigenvalue weighted by Gasteiger charge is 2.26. The molecule has 28 heavy (non-hydrogen) atoms. The van der Waals surface area contributed by atoms with Gasteiger partial charge in [0.25, 0.3) is 5.91 Å². The van der Waals surface area contributed by atoms with E-state index in [4.69, 9.17) is 11.6 Å². The van der Waals surface area contributed by atoms with Crippen molar-refractivity contribution in [2.24, 2.45) is 5.92 Å². The number of para-hydroxylation sites is 1. The van der Waals surface area contributed by atoms with E-state index in [-0.39, 0.29) is 17.7 Å². The molecule has 1 fully saturated rings. The summed E-state index contributed by atoms with van der Waals surface area (Å²) < 4.78 is 0. The van der Waals surface area contributed by atoms with Gasteiger partial charge in [-0.05, 0) is 49.6 Å². The van der Waals surface area contributed by atoms with Gasteiger partial charge in [-0.1, -0.05) is 36.7 Å². The third-order valence-electron chi connectivity index (χ3n) is 5.00. The molecule has 148 valence electrons. The zero-order chi connectivity index (χ0) is 19.9. The molecular weight excluding hydrogens is 374 g/mol. The number of piperidine rings is 1. The Bertz CT molecular complexity index is 832. The van der Waals surface area contributed by atoms with Crippen LogP contribution in [0.15, 0.2) is 48.5 Å². The minimum Gasteiger partial charge on any atom is -0.371 e. The fourth-order valence-electron chi connectivity index (χ4n) is 3.43. The fourth-order valence-corrected chi connectivity index (χ4v) is 3.62. The van der Waals surface area contributed by atoms with Gasteiger partial charge in [0.15, 0.2) is 0 Å². The molecule has 2 N–H and O–H groups in total. The maximum atomic E-state index is 12.8. The minimum atomic E-state index is -0.159. The number of benzene rings is 2. The molecule has 1 heterocycles. The topological polar surface area (TPSA) is 61.4 Å². The van der Waals surface area contributed by atoms with Crippen LogP contribution in [-0.2, 0) is 4.79 Å². The lowest BCUT2D eigenvalue weighted by Crippen LogP contribution is -2.38. The van der Waals surface area contributed by atoms with Gasteiger partial charge < -0.3 is 15.5 Å². The molecule has 0 radical (unpaired) electrons. The molecule has 3 rings (SSSR count). The first kappa shape index (κ1) is 20.2. The third-order valence-corrected chi connectivity index (χ3v) is 5.24. The van der Waals surface area contributed by atoms with Crippen LogP contribution in [0.2, 0.25) is 5.02 Å². The number of hydrogen-bond acceptors (Lipinski definition) is 3. The van der Waals surface area contributed by atoms with Crippen molar-refractivity contribution in [3.63, 3.8) is 0 Å². The van der Waals surface area contributed by atoms with Gasteiger partial charge in [-0.15, -0.1) is 0 Å². The molecule has 0 saturated carbocycles. The molecule has 6 heteroatoms. The van der Waals surface area contributed by atoms with Gasteiger partial charge in [0.1, 0.15) is 0 Å². The standard InChI is InChI=1S/C22H26ClN3O2/c1-2-12-24-22(28)19-8-3-4-9-20(19)25-21(27)16-10-13-26(14-11-16)18-7-5-6-17(23)15-18/h3-9,15-16H,2,10-14H2,1H3,(H,24,28)(H,25,27). The fraction of sp³-hybridized carbons (Fsp3) is 0.364. The summed E-state index contributed by atoms with van der Waals surface area (Å²) in [5, 5.41) is 6.54. The Hall–Kier alpha value is -2.53. The van der Waals surface area contributed by atoms with Crippen LogP contribution in [0.5, 0.6) is 0 Å². The first-order chi connectivity index (χ1) is 13.6. The quantitative estimate of drug-likeness (QED) is 0.759. The van der Waals surface area contributed by atoms with Crippen LogP contribution >= 0.6 is 11.6 Å². The lowest BCUT2D eigenvalue weighted by Gasteiger charge is -2.33. The second kappa shape index (κ2) is 9.60. The van der Waals surface area contributed by atoms with Gasteiger partial charge in [-0.3, -0.25) is 9.59 Å². The molecule has 2 aromatic carbocycles. The summed E-state index contributed by atoms with van der Waals surface area (Å²) in [4.78, 5) is 27.4. The average molecular weight is 400 g/mol. The van der Waals surface area contributed by atoms with E-state index in [1.54, 1.807) is 18.2 Å². The SMILES string of the molecule is CCCNC(=O)c1ccccc1NC(=O)C1CCN(c2cccc(Cl)c2)CC1. The number of halogens is 1. The van der Waals surface area contributed by atoms with Crippen molar-refractivity contribution in [2.75, 3.05) is 29.9 Å². The van der Waals surface area contributed by atoms with E-state index >= 15 is 0 Å². The van der Waals surface area contributed by atoms with Gasteiger partial charge in [0, 0.05) is 36.3 Å². The van der Waals surface area contributed by atoms with Crippen LogP contribution in [0.3, 0.4) is 0 Å². The van der Waals surface area contributed by atoms with E-state index in [1.807, 2.05) is 37.3 Å². The second-order valence-corrected chi connectivity index (χ2v) is 7.47. The van der Waals surface area contributed by atoms with Crippen molar-refractivity contribution < 1.29 is 9.59 Å². The molecule has 0 atom stereocenters. The van der Waals surface area contributed by atoms with Crippen molar-refractivity contribution in [2.45, 2.75) is 26.2 Å². The van der Waals surface area contributed by atoms with Gasteiger partial charge in [0.2, 0.25) is 5.91 Å². The molecule has 2 aromatic rings. The second-order valence-electron chi connectivity index (χ2n) is 7.03. The third kappa shape index (κ3) is 5.04. The highest BCUT2D eigenvalue weighted by Crippen LogP contribution is 2.26. The zero-order valence-electron chi connectivity index (χ0n) is 16.1. The maximum absolute atomic E-state index is 12.8. The lowest BCUT2D eigenvalue weighted by atomic mass is 9.95. The van der Waals surface area contributed by atoms with Crippen LogP contribution in [0.1, 0.15) is 36.5 Å². The van der Waals surface area contributed by atoms with Gasteiger partial charge in [0.05, 0.1) is 11.3 Å². The van der Waals surface area contributed by atoms with E-state index in [0.29, 0.717) is 17.8 Å². The monoisotopic (exact) mass is 399 g/mol. The molecule has 0 aliphatic carbocycles. The summed E-state index contributed by atoms with van der Waals surface area (Å²) in [7, 11) is 0. The minimum absolute atomic E-state index is 0.0264. The van der Waals surface area contributed by atoms with Crippen LogP contribution in [0.4, 0.5) is 11.4 Å². The normalized spacial score (nSPS) is 14.6. The van der Waals surface area contributed by atoms with Crippen LogP contribution in [0.25, 0.3) is 0 Å². The van der Waals surface area contributed by atoms with Crippen LogP contribution < -0.4 is 15.5 Å².